The number of benzene rings is 2. The molecule has 2 N–H and O–H groups in total. The van der Waals surface area contributed by atoms with Crippen molar-refractivity contribution in [3.63, 3.8) is 0 Å². The van der Waals surface area contributed by atoms with Crippen LogP contribution in [0.2, 0.25) is 0 Å². The first-order chi connectivity index (χ1) is 11.6. The lowest BCUT2D eigenvalue weighted by atomic mass is 10.1. The quantitative estimate of drug-likeness (QED) is 0.772. The van der Waals surface area contributed by atoms with Crippen molar-refractivity contribution in [3.8, 4) is 5.69 Å². The highest BCUT2D eigenvalue weighted by Gasteiger charge is 2.13. The smallest absolute Gasteiger partial charge is 0.404 e. The van der Waals surface area contributed by atoms with Gasteiger partial charge in [-0.2, -0.15) is 0 Å². The molecule has 0 aliphatic heterocycles. The number of nitrogens with one attached hydrogen (secondary N) is 1. The zero-order chi connectivity index (χ0) is 17.1. The number of aromatic nitrogens is 2. The Bertz CT molecular complexity index is 949. The second-order valence-electron chi connectivity index (χ2n) is 5.46. The van der Waals surface area contributed by atoms with Crippen LogP contribution in [-0.4, -0.2) is 27.3 Å². The third-order valence-corrected chi connectivity index (χ3v) is 3.81. The predicted molar refractivity (Wildman–Crippen MR) is 91.8 cm³/mol. The molecule has 0 aliphatic carbocycles. The molecule has 1 amide bonds. The van der Waals surface area contributed by atoms with Crippen molar-refractivity contribution in [2.24, 2.45) is 0 Å². The van der Waals surface area contributed by atoms with Crippen LogP contribution in [0, 0.1) is 6.92 Å². The Labute approximate surface area is 138 Å². The maximum Gasteiger partial charge on any atom is 0.404 e. The topological polar surface area (TPSA) is 84.2 Å². The number of para-hydroxylation sites is 2. The summed E-state index contributed by atoms with van der Waals surface area (Å²) in [6.07, 6.45) is -0.777. The van der Waals surface area contributed by atoms with Gasteiger partial charge < -0.3 is 10.4 Å². The summed E-state index contributed by atoms with van der Waals surface area (Å²) < 4.78 is 1.55. The van der Waals surface area contributed by atoms with E-state index in [1.165, 1.54) is 0 Å². The number of nitrogens with zero attached hydrogens (tertiary/aromatic N) is 2. The van der Waals surface area contributed by atoms with Crippen LogP contribution in [0.25, 0.3) is 16.6 Å². The van der Waals surface area contributed by atoms with Gasteiger partial charge in [-0.05, 0) is 30.7 Å². The molecule has 122 valence electrons. The molecule has 0 atom stereocenters. The maximum atomic E-state index is 13.0. The third kappa shape index (κ3) is 2.99. The van der Waals surface area contributed by atoms with Gasteiger partial charge in [0.15, 0.2) is 0 Å². The normalized spacial score (nSPS) is 10.7. The van der Waals surface area contributed by atoms with Crippen LogP contribution in [-0.2, 0) is 6.42 Å². The Morgan fingerprint density at radius 1 is 1.17 bits per heavy atom. The Balaban J connectivity index is 2.20. The Morgan fingerprint density at radius 3 is 2.62 bits per heavy atom. The van der Waals surface area contributed by atoms with Crippen LogP contribution < -0.4 is 10.9 Å². The second-order valence-corrected chi connectivity index (χ2v) is 5.46. The van der Waals surface area contributed by atoms with Crippen LogP contribution in [0.15, 0.2) is 53.3 Å². The first-order valence-electron chi connectivity index (χ1n) is 7.61. The van der Waals surface area contributed by atoms with E-state index in [1.54, 1.807) is 10.6 Å². The number of carbonyl (C=O) groups is 1. The van der Waals surface area contributed by atoms with Crippen molar-refractivity contribution in [3.05, 3.63) is 70.3 Å². The molecular weight excluding hydrogens is 306 g/mol. The first-order valence-corrected chi connectivity index (χ1v) is 7.61. The van der Waals surface area contributed by atoms with E-state index in [-0.39, 0.29) is 12.1 Å². The molecule has 1 aromatic heterocycles. The van der Waals surface area contributed by atoms with Crippen LogP contribution in [0.5, 0.6) is 0 Å². The molecule has 0 saturated carbocycles. The molecule has 0 bridgehead atoms. The van der Waals surface area contributed by atoms with Crippen molar-refractivity contribution in [2.45, 2.75) is 13.3 Å². The van der Waals surface area contributed by atoms with Crippen LogP contribution in [0.4, 0.5) is 4.79 Å². The van der Waals surface area contributed by atoms with Gasteiger partial charge in [0.2, 0.25) is 0 Å². The molecule has 0 unspecified atom stereocenters. The van der Waals surface area contributed by atoms with Crippen molar-refractivity contribution in [2.75, 3.05) is 6.54 Å². The number of hydrogen-bond donors (Lipinski definition) is 2. The van der Waals surface area contributed by atoms with E-state index in [9.17, 15) is 9.59 Å². The molecule has 0 radical (unpaired) electrons. The summed E-state index contributed by atoms with van der Waals surface area (Å²) in [4.78, 5) is 28.3. The summed E-state index contributed by atoms with van der Waals surface area (Å²) in [6.45, 7) is 2.09. The fourth-order valence-corrected chi connectivity index (χ4v) is 2.69. The lowest BCUT2D eigenvalue weighted by molar-refractivity contribution is 0.194. The Kier molecular flexibility index (Phi) is 4.29. The maximum absolute atomic E-state index is 13.0. The number of aryl methyl sites for hydroxylation is 1. The van der Waals surface area contributed by atoms with Gasteiger partial charge in [-0.3, -0.25) is 9.36 Å². The van der Waals surface area contributed by atoms with Crippen molar-refractivity contribution in [1.82, 2.24) is 14.9 Å². The van der Waals surface area contributed by atoms with Gasteiger partial charge in [0.1, 0.15) is 5.82 Å². The highest BCUT2D eigenvalue weighted by molar-refractivity contribution is 5.81. The molecular formula is C18H17N3O3. The lowest BCUT2D eigenvalue weighted by Crippen LogP contribution is -2.29. The van der Waals surface area contributed by atoms with E-state index in [0.29, 0.717) is 28.8 Å². The van der Waals surface area contributed by atoms with E-state index < -0.39 is 6.09 Å². The van der Waals surface area contributed by atoms with E-state index in [0.717, 1.165) is 5.56 Å². The summed E-state index contributed by atoms with van der Waals surface area (Å²) in [6, 6.07) is 14.7. The summed E-state index contributed by atoms with van der Waals surface area (Å²) in [5, 5.41) is 11.6. The van der Waals surface area contributed by atoms with Crippen LogP contribution in [0.3, 0.4) is 0 Å². The highest BCUT2D eigenvalue weighted by Crippen LogP contribution is 2.16. The van der Waals surface area contributed by atoms with Gasteiger partial charge in [-0.15, -0.1) is 0 Å². The molecule has 6 nitrogen and oxygen atoms in total. The fraction of sp³-hybridized carbons (Fsp3) is 0.167. The second kappa shape index (κ2) is 6.54. The molecule has 1 heterocycles. The van der Waals surface area contributed by atoms with E-state index in [1.807, 2.05) is 49.4 Å². The molecule has 0 fully saturated rings. The van der Waals surface area contributed by atoms with Gasteiger partial charge >= 0.3 is 6.09 Å². The first kappa shape index (κ1) is 15.7. The molecule has 0 aliphatic rings. The van der Waals surface area contributed by atoms with Crippen LogP contribution in [0.1, 0.15) is 11.4 Å². The summed E-state index contributed by atoms with van der Waals surface area (Å²) in [5.74, 6) is 0.529. The summed E-state index contributed by atoms with van der Waals surface area (Å²) >= 11 is 0. The fourth-order valence-electron chi connectivity index (χ4n) is 2.69. The lowest BCUT2D eigenvalue weighted by Gasteiger charge is -2.14. The van der Waals surface area contributed by atoms with Crippen molar-refractivity contribution in [1.29, 1.82) is 0 Å². The molecule has 0 saturated heterocycles. The molecule has 2 aromatic carbocycles. The SMILES string of the molecule is Cc1cccc2c(=O)n(-c3ccccc3)c(CCNC(=O)O)nc12. The van der Waals surface area contributed by atoms with Crippen LogP contribution >= 0.6 is 0 Å². The van der Waals surface area contributed by atoms with Crippen molar-refractivity contribution >= 4 is 17.0 Å². The van der Waals surface area contributed by atoms with Gasteiger partial charge in [-0.1, -0.05) is 30.3 Å². The predicted octanol–water partition coefficient (Wildman–Crippen LogP) is 2.50. The zero-order valence-corrected chi connectivity index (χ0v) is 13.2. The molecule has 24 heavy (non-hydrogen) atoms. The number of amides is 1. The minimum atomic E-state index is -1.10. The number of carboxylic acid groups (broad SMARTS) is 1. The van der Waals surface area contributed by atoms with Gasteiger partial charge in [0.25, 0.3) is 5.56 Å². The summed E-state index contributed by atoms with van der Waals surface area (Å²) in [7, 11) is 0. The monoisotopic (exact) mass is 323 g/mol. The minimum absolute atomic E-state index is 0.153. The Morgan fingerprint density at radius 2 is 1.92 bits per heavy atom. The average molecular weight is 323 g/mol. The van der Waals surface area contributed by atoms with Crippen molar-refractivity contribution < 1.29 is 9.90 Å². The van der Waals surface area contributed by atoms with Gasteiger partial charge in [-0.25, -0.2) is 9.78 Å². The largest absolute Gasteiger partial charge is 0.465 e. The summed E-state index contributed by atoms with van der Waals surface area (Å²) in [5.41, 5.74) is 2.13. The van der Waals surface area contributed by atoms with E-state index in [4.69, 9.17) is 5.11 Å². The molecule has 0 spiro atoms. The number of hydrogen-bond acceptors (Lipinski definition) is 3. The molecule has 3 rings (SSSR count). The van der Waals surface area contributed by atoms with E-state index >= 15 is 0 Å². The van der Waals surface area contributed by atoms with Gasteiger partial charge in [0.05, 0.1) is 16.6 Å². The molecule has 3 aromatic rings. The average Bonchev–Trinajstić information content (AvgIpc) is 2.56. The zero-order valence-electron chi connectivity index (χ0n) is 13.2. The van der Waals surface area contributed by atoms with E-state index in [2.05, 4.69) is 10.3 Å². The third-order valence-electron chi connectivity index (χ3n) is 3.81. The highest BCUT2D eigenvalue weighted by atomic mass is 16.4. The number of fused-ring (bicyclic) bond motifs is 1. The Hall–Kier alpha value is -3.15. The standard InChI is InChI=1S/C18H17N3O3/c1-12-6-5-9-14-16(12)20-15(10-11-19-18(23)24)21(17(14)22)13-7-3-2-4-8-13/h2-9,19H,10-11H2,1H3,(H,23,24). The number of rotatable bonds is 4. The van der Waals surface area contributed by atoms with Gasteiger partial charge in [0, 0.05) is 13.0 Å². The minimum Gasteiger partial charge on any atom is -0.465 e. The molecule has 6 heteroatoms.